The number of halogens is 1. The number of aromatic nitrogens is 2. The highest BCUT2D eigenvalue weighted by Crippen LogP contribution is 2.20. The van der Waals surface area contributed by atoms with Crippen LogP contribution in [0.25, 0.3) is 0 Å². The Morgan fingerprint density at radius 3 is 2.47 bits per heavy atom. The van der Waals surface area contributed by atoms with Crippen molar-refractivity contribution in [1.29, 1.82) is 0 Å². The molecule has 0 spiro atoms. The second kappa shape index (κ2) is 5.25. The largest absolute Gasteiger partial charge is 0.308 e. The monoisotopic (exact) mass is 247 g/mol. The summed E-state index contributed by atoms with van der Waals surface area (Å²) in [4.78, 5) is 8.62. The van der Waals surface area contributed by atoms with Crippen LogP contribution in [-0.2, 0) is 0 Å². The summed E-state index contributed by atoms with van der Waals surface area (Å²) < 4.78 is 0. The quantitative estimate of drug-likeness (QED) is 0.906. The minimum Gasteiger partial charge on any atom is -0.308 e. The van der Waals surface area contributed by atoms with E-state index in [1.165, 1.54) is 0 Å². The van der Waals surface area contributed by atoms with Crippen molar-refractivity contribution in [2.75, 3.05) is 7.05 Å². The molecule has 0 aliphatic heterocycles. The Kier molecular flexibility index (Phi) is 3.71. The van der Waals surface area contributed by atoms with Crippen LogP contribution in [-0.4, -0.2) is 17.0 Å². The molecule has 88 valence electrons. The number of aryl methyl sites for hydroxylation is 1. The summed E-state index contributed by atoms with van der Waals surface area (Å²) in [5.74, 6) is 0. The van der Waals surface area contributed by atoms with Gasteiger partial charge in [0.2, 0.25) is 0 Å². The molecule has 0 saturated carbocycles. The van der Waals surface area contributed by atoms with Gasteiger partial charge in [0, 0.05) is 18.1 Å². The Hall–Kier alpha value is -1.45. The summed E-state index contributed by atoms with van der Waals surface area (Å²) in [6, 6.07) is 7.86. The van der Waals surface area contributed by atoms with E-state index in [4.69, 9.17) is 11.6 Å². The molecule has 2 heterocycles. The van der Waals surface area contributed by atoms with E-state index in [-0.39, 0.29) is 6.04 Å². The smallest absolute Gasteiger partial charge is 0.0763 e. The molecule has 0 saturated heterocycles. The molecule has 2 aromatic rings. The molecule has 0 aliphatic carbocycles. The second-order valence-electron chi connectivity index (χ2n) is 3.86. The van der Waals surface area contributed by atoms with Crippen molar-refractivity contribution >= 4 is 11.6 Å². The van der Waals surface area contributed by atoms with Crippen molar-refractivity contribution in [3.63, 3.8) is 0 Å². The van der Waals surface area contributed by atoms with Gasteiger partial charge in [-0.05, 0) is 37.7 Å². The molecule has 3 nitrogen and oxygen atoms in total. The lowest BCUT2D eigenvalue weighted by molar-refractivity contribution is 0.668. The Morgan fingerprint density at radius 1 is 1.12 bits per heavy atom. The average molecular weight is 248 g/mol. The summed E-state index contributed by atoms with van der Waals surface area (Å²) in [5.41, 5.74) is 3.03. The summed E-state index contributed by atoms with van der Waals surface area (Å²) in [6.07, 6.45) is 3.52. The third kappa shape index (κ3) is 2.81. The first kappa shape index (κ1) is 12.0. The van der Waals surface area contributed by atoms with Crippen molar-refractivity contribution < 1.29 is 0 Å². The van der Waals surface area contributed by atoms with Crippen LogP contribution in [0.4, 0.5) is 0 Å². The molecule has 0 aromatic carbocycles. The van der Waals surface area contributed by atoms with Gasteiger partial charge in [-0.25, -0.2) is 0 Å². The molecule has 0 radical (unpaired) electrons. The Bertz CT molecular complexity index is 434. The van der Waals surface area contributed by atoms with Gasteiger partial charge in [0.05, 0.1) is 16.8 Å². The zero-order valence-electron chi connectivity index (χ0n) is 9.81. The third-order valence-electron chi connectivity index (χ3n) is 2.60. The minimum absolute atomic E-state index is 0.0420. The highest BCUT2D eigenvalue weighted by molar-refractivity contribution is 6.30. The zero-order chi connectivity index (χ0) is 12.3. The van der Waals surface area contributed by atoms with E-state index in [1.807, 2.05) is 38.4 Å². The number of hydrogen-bond donors (Lipinski definition) is 1. The first-order valence-corrected chi connectivity index (χ1v) is 5.80. The first-order chi connectivity index (χ1) is 8.20. The summed E-state index contributed by atoms with van der Waals surface area (Å²) >= 11 is 5.83. The van der Waals surface area contributed by atoms with E-state index in [2.05, 4.69) is 21.4 Å². The van der Waals surface area contributed by atoms with E-state index in [0.717, 1.165) is 17.0 Å². The number of rotatable bonds is 3. The summed E-state index contributed by atoms with van der Waals surface area (Å²) in [6.45, 7) is 1.97. The highest BCUT2D eigenvalue weighted by atomic mass is 35.5. The maximum absolute atomic E-state index is 5.83. The number of nitrogens with zero attached hydrogens (tertiary/aromatic N) is 2. The molecule has 2 aromatic heterocycles. The van der Waals surface area contributed by atoms with E-state index < -0.39 is 0 Å². The Labute approximate surface area is 106 Å². The van der Waals surface area contributed by atoms with Crippen molar-refractivity contribution in [2.45, 2.75) is 13.0 Å². The number of hydrogen-bond acceptors (Lipinski definition) is 3. The Balaban J connectivity index is 2.33. The fraction of sp³-hybridized carbons (Fsp3) is 0.231. The van der Waals surface area contributed by atoms with E-state index >= 15 is 0 Å². The van der Waals surface area contributed by atoms with Crippen molar-refractivity contribution in [3.8, 4) is 0 Å². The minimum atomic E-state index is 0.0420. The van der Waals surface area contributed by atoms with Gasteiger partial charge in [-0.3, -0.25) is 9.97 Å². The van der Waals surface area contributed by atoms with Gasteiger partial charge in [0.15, 0.2) is 0 Å². The first-order valence-electron chi connectivity index (χ1n) is 5.42. The van der Waals surface area contributed by atoms with E-state index in [1.54, 1.807) is 6.20 Å². The van der Waals surface area contributed by atoms with Crippen molar-refractivity contribution in [2.24, 2.45) is 0 Å². The molecule has 0 fully saturated rings. The molecule has 1 atom stereocenters. The van der Waals surface area contributed by atoms with Crippen LogP contribution < -0.4 is 5.32 Å². The molecule has 0 aliphatic rings. The normalized spacial score (nSPS) is 12.4. The van der Waals surface area contributed by atoms with Crippen LogP contribution in [0.15, 0.2) is 36.7 Å². The van der Waals surface area contributed by atoms with Crippen molar-refractivity contribution in [3.05, 3.63) is 58.6 Å². The average Bonchev–Trinajstić information content (AvgIpc) is 2.35. The van der Waals surface area contributed by atoms with Gasteiger partial charge in [0.1, 0.15) is 0 Å². The van der Waals surface area contributed by atoms with Gasteiger partial charge in [-0.2, -0.15) is 0 Å². The Morgan fingerprint density at radius 2 is 1.94 bits per heavy atom. The fourth-order valence-electron chi connectivity index (χ4n) is 1.69. The van der Waals surface area contributed by atoms with Gasteiger partial charge in [-0.15, -0.1) is 0 Å². The molecule has 17 heavy (non-hydrogen) atoms. The molecular weight excluding hydrogens is 234 g/mol. The third-order valence-corrected chi connectivity index (χ3v) is 2.83. The van der Waals surface area contributed by atoms with Gasteiger partial charge in [-0.1, -0.05) is 17.7 Å². The second-order valence-corrected chi connectivity index (χ2v) is 4.29. The van der Waals surface area contributed by atoms with E-state index in [0.29, 0.717) is 5.02 Å². The van der Waals surface area contributed by atoms with Crippen LogP contribution in [0.3, 0.4) is 0 Å². The summed E-state index contributed by atoms with van der Waals surface area (Å²) in [5, 5.41) is 3.87. The van der Waals surface area contributed by atoms with Crippen LogP contribution >= 0.6 is 11.6 Å². The lowest BCUT2D eigenvalue weighted by Crippen LogP contribution is -2.19. The van der Waals surface area contributed by atoms with E-state index in [9.17, 15) is 0 Å². The van der Waals surface area contributed by atoms with Crippen LogP contribution in [0.5, 0.6) is 0 Å². The van der Waals surface area contributed by atoms with Crippen LogP contribution in [0.2, 0.25) is 5.02 Å². The fourth-order valence-corrected chi connectivity index (χ4v) is 1.81. The topological polar surface area (TPSA) is 37.8 Å². The molecule has 0 bridgehead atoms. The number of pyridine rings is 2. The maximum Gasteiger partial charge on any atom is 0.0763 e. The zero-order valence-corrected chi connectivity index (χ0v) is 10.6. The summed E-state index contributed by atoms with van der Waals surface area (Å²) in [7, 11) is 1.90. The standard InChI is InChI=1S/C13H14ClN3/c1-9-3-4-10(7-16-9)13(15-2)12-6-5-11(14)8-17-12/h3-8,13,15H,1-2H3. The molecule has 2 rings (SSSR count). The highest BCUT2D eigenvalue weighted by Gasteiger charge is 2.13. The molecule has 1 unspecified atom stereocenters. The predicted molar refractivity (Wildman–Crippen MR) is 69.1 cm³/mol. The van der Waals surface area contributed by atoms with Crippen LogP contribution in [0.1, 0.15) is 23.0 Å². The molecule has 4 heteroatoms. The van der Waals surface area contributed by atoms with Gasteiger partial charge in [0.25, 0.3) is 0 Å². The van der Waals surface area contributed by atoms with Gasteiger partial charge >= 0.3 is 0 Å². The SMILES string of the molecule is CNC(c1ccc(C)nc1)c1ccc(Cl)cn1. The number of nitrogens with one attached hydrogen (secondary N) is 1. The maximum atomic E-state index is 5.83. The lowest BCUT2D eigenvalue weighted by Gasteiger charge is -2.15. The van der Waals surface area contributed by atoms with Crippen molar-refractivity contribution in [1.82, 2.24) is 15.3 Å². The lowest BCUT2D eigenvalue weighted by atomic mass is 10.1. The molecule has 1 N–H and O–H groups in total. The van der Waals surface area contributed by atoms with Gasteiger partial charge < -0.3 is 5.32 Å². The van der Waals surface area contributed by atoms with Crippen LogP contribution in [0, 0.1) is 6.92 Å². The molecular formula is C13H14ClN3. The molecule has 0 amide bonds. The predicted octanol–water partition coefficient (Wildman–Crippen LogP) is 2.75.